The standard InChI is InChI=1S/C24H14Br2Cl2N2O5/c1-12-2-4-15(10-21(12)30(32)33)23-29-20(24(31)35-23)9-14-6-16(25)22(17(26)7-14)34-11-13-3-5-18(27)19(28)8-13/h2-10H,11H2,1H3/b20-9-. The number of nitrogens with zero attached hydrogens (tertiary/aromatic N) is 2. The first-order valence-electron chi connectivity index (χ1n) is 9.96. The highest BCUT2D eigenvalue weighted by atomic mass is 79.9. The van der Waals surface area contributed by atoms with Crippen LogP contribution in [0.1, 0.15) is 22.3 Å². The Balaban J connectivity index is 1.57. The van der Waals surface area contributed by atoms with Gasteiger partial charge in [-0.15, -0.1) is 0 Å². The zero-order valence-electron chi connectivity index (χ0n) is 17.9. The van der Waals surface area contributed by atoms with E-state index >= 15 is 0 Å². The highest BCUT2D eigenvalue weighted by molar-refractivity contribution is 9.11. The van der Waals surface area contributed by atoms with Crippen molar-refractivity contribution in [2.24, 2.45) is 4.99 Å². The molecule has 0 aromatic heterocycles. The van der Waals surface area contributed by atoms with Gasteiger partial charge in [-0.3, -0.25) is 10.1 Å². The number of ether oxygens (including phenoxy) is 2. The molecule has 0 bridgehead atoms. The Labute approximate surface area is 226 Å². The van der Waals surface area contributed by atoms with Crippen molar-refractivity contribution in [3.05, 3.63) is 106 Å². The van der Waals surface area contributed by atoms with E-state index in [4.69, 9.17) is 32.7 Å². The Morgan fingerprint density at radius 2 is 1.80 bits per heavy atom. The van der Waals surface area contributed by atoms with Crippen LogP contribution < -0.4 is 4.74 Å². The number of nitro benzene ring substituents is 1. The SMILES string of the molecule is Cc1ccc(C2=N/C(=C\c3cc(Br)c(OCc4ccc(Cl)c(Cl)c4)c(Br)c3)C(=O)O2)cc1[N+](=O)[O-]. The van der Waals surface area contributed by atoms with Gasteiger partial charge in [0.05, 0.1) is 23.9 Å². The molecule has 11 heteroatoms. The number of aryl methyl sites for hydroxylation is 1. The quantitative estimate of drug-likeness (QED) is 0.119. The fourth-order valence-corrected chi connectivity index (χ4v) is 4.99. The maximum atomic E-state index is 12.4. The predicted molar refractivity (Wildman–Crippen MR) is 141 cm³/mol. The van der Waals surface area contributed by atoms with Gasteiger partial charge in [0.1, 0.15) is 12.4 Å². The Hall–Kier alpha value is -2.72. The summed E-state index contributed by atoms with van der Waals surface area (Å²) in [5.41, 5.74) is 2.31. The lowest BCUT2D eigenvalue weighted by molar-refractivity contribution is -0.385. The summed E-state index contributed by atoms with van der Waals surface area (Å²) in [4.78, 5) is 27.4. The van der Waals surface area contributed by atoms with Crippen LogP contribution in [0.3, 0.4) is 0 Å². The lowest BCUT2D eigenvalue weighted by Gasteiger charge is -2.12. The molecule has 178 valence electrons. The molecule has 35 heavy (non-hydrogen) atoms. The van der Waals surface area contributed by atoms with Crippen molar-refractivity contribution in [2.45, 2.75) is 13.5 Å². The molecule has 0 atom stereocenters. The average molecular weight is 641 g/mol. The third-order valence-corrected chi connectivity index (χ3v) is 6.88. The number of cyclic esters (lactones) is 1. The molecule has 0 spiro atoms. The number of carbonyl (C=O) groups excluding carboxylic acids is 1. The van der Waals surface area contributed by atoms with E-state index in [2.05, 4.69) is 36.9 Å². The maximum Gasteiger partial charge on any atom is 0.363 e. The normalized spacial score (nSPS) is 14.1. The van der Waals surface area contributed by atoms with Crippen LogP contribution in [-0.2, 0) is 16.1 Å². The number of aliphatic imine (C=N–C) groups is 1. The van der Waals surface area contributed by atoms with E-state index in [0.29, 0.717) is 41.4 Å². The van der Waals surface area contributed by atoms with Crippen LogP contribution in [0.4, 0.5) is 5.69 Å². The summed E-state index contributed by atoms with van der Waals surface area (Å²) >= 11 is 19.0. The monoisotopic (exact) mass is 638 g/mol. The summed E-state index contributed by atoms with van der Waals surface area (Å²) in [6, 6.07) is 13.3. The van der Waals surface area contributed by atoms with Gasteiger partial charge in [-0.05, 0) is 86.3 Å². The summed E-state index contributed by atoms with van der Waals surface area (Å²) in [5, 5.41) is 12.1. The zero-order chi connectivity index (χ0) is 25.3. The van der Waals surface area contributed by atoms with Crippen molar-refractivity contribution in [3.63, 3.8) is 0 Å². The first kappa shape index (κ1) is 25.4. The molecule has 0 fully saturated rings. The third-order valence-electron chi connectivity index (χ3n) is 4.96. The summed E-state index contributed by atoms with van der Waals surface area (Å²) in [5.74, 6) is -0.0946. The summed E-state index contributed by atoms with van der Waals surface area (Å²) in [6.45, 7) is 1.89. The van der Waals surface area contributed by atoms with Crippen LogP contribution in [0.25, 0.3) is 6.08 Å². The minimum absolute atomic E-state index is 0.00376. The van der Waals surface area contributed by atoms with E-state index in [9.17, 15) is 14.9 Å². The van der Waals surface area contributed by atoms with Crippen molar-refractivity contribution in [1.82, 2.24) is 0 Å². The fraction of sp³-hybridized carbons (Fsp3) is 0.0833. The van der Waals surface area contributed by atoms with Crippen LogP contribution in [0, 0.1) is 17.0 Å². The molecule has 0 N–H and O–H groups in total. The highest BCUT2D eigenvalue weighted by Crippen LogP contribution is 2.36. The molecule has 0 saturated carbocycles. The Kier molecular flexibility index (Phi) is 7.61. The van der Waals surface area contributed by atoms with Crippen LogP contribution in [-0.4, -0.2) is 16.8 Å². The molecule has 3 aromatic rings. The molecule has 4 rings (SSSR count). The van der Waals surface area contributed by atoms with E-state index in [1.807, 2.05) is 6.07 Å². The van der Waals surface area contributed by atoms with Gasteiger partial charge in [0.25, 0.3) is 5.69 Å². The van der Waals surface area contributed by atoms with Gasteiger partial charge < -0.3 is 9.47 Å². The first-order chi connectivity index (χ1) is 16.6. The van der Waals surface area contributed by atoms with Crippen molar-refractivity contribution < 1.29 is 19.2 Å². The van der Waals surface area contributed by atoms with Gasteiger partial charge in [0, 0.05) is 17.2 Å². The van der Waals surface area contributed by atoms with Gasteiger partial charge in [-0.2, -0.15) is 0 Å². The number of esters is 1. The topological polar surface area (TPSA) is 91.0 Å². The van der Waals surface area contributed by atoms with Crippen LogP contribution >= 0.6 is 55.1 Å². The van der Waals surface area contributed by atoms with Crippen LogP contribution in [0.5, 0.6) is 5.75 Å². The molecule has 0 aliphatic carbocycles. The summed E-state index contributed by atoms with van der Waals surface area (Å²) < 4.78 is 12.5. The molecule has 0 amide bonds. The van der Waals surface area contributed by atoms with E-state index in [-0.39, 0.29) is 23.9 Å². The molecular formula is C24H14Br2Cl2N2O5. The van der Waals surface area contributed by atoms with Gasteiger partial charge in [0.2, 0.25) is 5.90 Å². The third kappa shape index (κ3) is 5.75. The molecular weight excluding hydrogens is 627 g/mol. The summed E-state index contributed by atoms with van der Waals surface area (Å²) in [7, 11) is 0. The van der Waals surface area contributed by atoms with E-state index < -0.39 is 10.9 Å². The largest absolute Gasteiger partial charge is 0.487 e. The van der Waals surface area contributed by atoms with Crippen molar-refractivity contribution >= 4 is 78.7 Å². The van der Waals surface area contributed by atoms with Gasteiger partial charge in [0.15, 0.2) is 5.70 Å². The minimum atomic E-state index is -0.657. The first-order valence-corrected chi connectivity index (χ1v) is 12.3. The number of benzene rings is 3. The van der Waals surface area contributed by atoms with E-state index in [1.165, 1.54) is 6.07 Å². The molecule has 1 aliphatic heterocycles. The second-order valence-corrected chi connectivity index (χ2v) is 9.97. The number of halogens is 4. The molecule has 1 aliphatic rings. The highest BCUT2D eigenvalue weighted by Gasteiger charge is 2.26. The smallest absolute Gasteiger partial charge is 0.363 e. The molecule has 0 unspecified atom stereocenters. The number of nitro groups is 1. The number of carbonyl (C=O) groups is 1. The molecule has 0 saturated heterocycles. The minimum Gasteiger partial charge on any atom is -0.487 e. The predicted octanol–water partition coefficient (Wildman–Crippen LogP) is 7.66. The second-order valence-electron chi connectivity index (χ2n) is 7.45. The molecule has 7 nitrogen and oxygen atoms in total. The number of rotatable bonds is 6. The second kappa shape index (κ2) is 10.5. The Bertz CT molecular complexity index is 1420. The van der Waals surface area contributed by atoms with Crippen molar-refractivity contribution in [1.29, 1.82) is 0 Å². The lowest BCUT2D eigenvalue weighted by Crippen LogP contribution is -2.06. The average Bonchev–Trinajstić information content (AvgIpc) is 3.15. The van der Waals surface area contributed by atoms with Gasteiger partial charge >= 0.3 is 5.97 Å². The fourth-order valence-electron chi connectivity index (χ4n) is 3.22. The molecule has 3 aromatic carbocycles. The van der Waals surface area contributed by atoms with Gasteiger partial charge in [-0.25, -0.2) is 9.79 Å². The Morgan fingerprint density at radius 3 is 2.46 bits per heavy atom. The van der Waals surface area contributed by atoms with Crippen molar-refractivity contribution in [2.75, 3.05) is 0 Å². The van der Waals surface area contributed by atoms with Gasteiger partial charge in [-0.1, -0.05) is 35.3 Å². The van der Waals surface area contributed by atoms with E-state index in [0.717, 1.165) is 5.56 Å². The van der Waals surface area contributed by atoms with Crippen LogP contribution in [0.2, 0.25) is 10.0 Å². The van der Waals surface area contributed by atoms with Crippen molar-refractivity contribution in [3.8, 4) is 5.75 Å². The number of hydrogen-bond donors (Lipinski definition) is 0. The lowest BCUT2D eigenvalue weighted by atomic mass is 10.1. The molecule has 1 heterocycles. The van der Waals surface area contributed by atoms with E-state index in [1.54, 1.807) is 49.4 Å². The van der Waals surface area contributed by atoms with Crippen LogP contribution in [0.15, 0.2) is 68.2 Å². The number of hydrogen-bond acceptors (Lipinski definition) is 6. The Morgan fingerprint density at radius 1 is 1.09 bits per heavy atom. The summed E-state index contributed by atoms with van der Waals surface area (Å²) in [6.07, 6.45) is 1.55. The maximum absolute atomic E-state index is 12.4. The zero-order valence-corrected chi connectivity index (χ0v) is 22.5. The molecule has 0 radical (unpaired) electrons.